The molecule has 0 saturated heterocycles. The standard InChI is InChI=1S/C8H10O2/c9-6-7-3-1-2-4-8(10)5-7/h3,6H,1-2,4-5H2. The second-order valence-corrected chi connectivity index (χ2v) is 2.50. The molecule has 0 amide bonds. The van der Waals surface area contributed by atoms with Gasteiger partial charge in [-0.2, -0.15) is 0 Å². The van der Waals surface area contributed by atoms with Gasteiger partial charge in [-0.15, -0.1) is 0 Å². The molecule has 10 heavy (non-hydrogen) atoms. The van der Waals surface area contributed by atoms with Crippen LogP contribution >= 0.6 is 0 Å². The molecule has 0 fully saturated rings. The minimum Gasteiger partial charge on any atom is -0.299 e. The van der Waals surface area contributed by atoms with Gasteiger partial charge in [0, 0.05) is 12.8 Å². The number of allylic oxidation sites excluding steroid dienone is 2. The highest BCUT2D eigenvalue weighted by Crippen LogP contribution is 2.12. The van der Waals surface area contributed by atoms with Gasteiger partial charge in [0.2, 0.25) is 0 Å². The van der Waals surface area contributed by atoms with Crippen LogP contribution in [0.1, 0.15) is 25.7 Å². The van der Waals surface area contributed by atoms with Gasteiger partial charge in [0.25, 0.3) is 0 Å². The summed E-state index contributed by atoms with van der Waals surface area (Å²) in [7, 11) is 0. The molecule has 0 unspecified atom stereocenters. The minimum atomic E-state index is 0.191. The molecule has 0 aromatic carbocycles. The van der Waals surface area contributed by atoms with Crippen molar-refractivity contribution in [2.24, 2.45) is 0 Å². The number of carbonyl (C=O) groups is 2. The van der Waals surface area contributed by atoms with Crippen LogP contribution in [-0.4, -0.2) is 12.1 Å². The van der Waals surface area contributed by atoms with Crippen molar-refractivity contribution in [2.45, 2.75) is 25.7 Å². The lowest BCUT2D eigenvalue weighted by Crippen LogP contribution is -1.96. The molecule has 0 atom stereocenters. The Morgan fingerprint density at radius 2 is 2.30 bits per heavy atom. The highest BCUT2D eigenvalue weighted by molar-refractivity contribution is 5.89. The minimum absolute atomic E-state index is 0.191. The molecule has 0 heterocycles. The Morgan fingerprint density at radius 1 is 1.50 bits per heavy atom. The van der Waals surface area contributed by atoms with E-state index in [-0.39, 0.29) is 5.78 Å². The molecule has 1 aliphatic rings. The molecule has 0 spiro atoms. The highest BCUT2D eigenvalue weighted by Gasteiger charge is 2.08. The van der Waals surface area contributed by atoms with Crippen LogP contribution in [0.5, 0.6) is 0 Å². The molecule has 0 N–H and O–H groups in total. The van der Waals surface area contributed by atoms with Gasteiger partial charge < -0.3 is 0 Å². The van der Waals surface area contributed by atoms with Crippen molar-refractivity contribution >= 4 is 12.1 Å². The van der Waals surface area contributed by atoms with Crippen LogP contribution in [-0.2, 0) is 9.59 Å². The third-order valence-electron chi connectivity index (χ3n) is 1.62. The summed E-state index contributed by atoms with van der Waals surface area (Å²) in [6.07, 6.45) is 5.40. The van der Waals surface area contributed by atoms with Crippen LogP contribution < -0.4 is 0 Å². The Labute approximate surface area is 59.9 Å². The van der Waals surface area contributed by atoms with E-state index in [1.54, 1.807) is 0 Å². The van der Waals surface area contributed by atoms with Gasteiger partial charge in [0.1, 0.15) is 12.1 Å². The molecule has 1 rings (SSSR count). The van der Waals surface area contributed by atoms with E-state index >= 15 is 0 Å². The molecule has 2 heteroatoms. The van der Waals surface area contributed by atoms with E-state index < -0.39 is 0 Å². The van der Waals surface area contributed by atoms with Crippen molar-refractivity contribution < 1.29 is 9.59 Å². The Hall–Kier alpha value is -0.920. The molecular weight excluding hydrogens is 128 g/mol. The Balaban J connectivity index is 2.62. The molecular formula is C8H10O2. The number of aldehydes is 1. The molecule has 54 valence electrons. The van der Waals surface area contributed by atoms with Gasteiger partial charge in [0.05, 0.1) is 0 Å². The van der Waals surface area contributed by atoms with Crippen molar-refractivity contribution in [3.05, 3.63) is 11.6 Å². The van der Waals surface area contributed by atoms with Crippen LogP contribution in [0, 0.1) is 0 Å². The number of hydrogen-bond donors (Lipinski definition) is 0. The van der Waals surface area contributed by atoms with Crippen molar-refractivity contribution in [1.82, 2.24) is 0 Å². The highest BCUT2D eigenvalue weighted by atomic mass is 16.1. The number of Topliss-reactive ketones (excluding diaryl/α,β-unsaturated/α-hetero) is 1. The first-order valence-corrected chi connectivity index (χ1v) is 3.49. The average Bonchev–Trinajstić information content (AvgIpc) is 2.13. The lowest BCUT2D eigenvalue weighted by Gasteiger charge is -1.91. The summed E-state index contributed by atoms with van der Waals surface area (Å²) in [5.74, 6) is 0.191. The van der Waals surface area contributed by atoms with Gasteiger partial charge in [0.15, 0.2) is 0 Å². The predicted octanol–water partition coefficient (Wildman–Crippen LogP) is 1.25. The van der Waals surface area contributed by atoms with E-state index in [1.165, 1.54) is 0 Å². The molecule has 0 radical (unpaired) electrons. The van der Waals surface area contributed by atoms with E-state index in [4.69, 9.17) is 0 Å². The molecule has 0 aliphatic heterocycles. The summed E-state index contributed by atoms with van der Waals surface area (Å²) in [6.45, 7) is 0. The summed E-state index contributed by atoms with van der Waals surface area (Å²) in [5, 5.41) is 0. The first kappa shape index (κ1) is 7.19. The van der Waals surface area contributed by atoms with Crippen LogP contribution in [0.4, 0.5) is 0 Å². The second-order valence-electron chi connectivity index (χ2n) is 2.50. The van der Waals surface area contributed by atoms with Crippen molar-refractivity contribution in [1.29, 1.82) is 0 Å². The first-order valence-electron chi connectivity index (χ1n) is 3.49. The SMILES string of the molecule is O=CC1=CCCCC(=O)C1. The van der Waals surface area contributed by atoms with Crippen molar-refractivity contribution in [2.75, 3.05) is 0 Å². The van der Waals surface area contributed by atoms with E-state index in [2.05, 4.69) is 0 Å². The molecule has 2 nitrogen and oxygen atoms in total. The van der Waals surface area contributed by atoms with Crippen LogP contribution in [0.2, 0.25) is 0 Å². The Morgan fingerprint density at radius 3 is 3.00 bits per heavy atom. The lowest BCUT2D eigenvalue weighted by atomic mass is 10.1. The molecule has 1 aliphatic carbocycles. The fraction of sp³-hybridized carbons (Fsp3) is 0.500. The number of ketones is 1. The van der Waals surface area contributed by atoms with E-state index in [1.807, 2.05) is 6.08 Å². The van der Waals surface area contributed by atoms with E-state index in [9.17, 15) is 9.59 Å². The second kappa shape index (κ2) is 3.30. The van der Waals surface area contributed by atoms with Crippen molar-refractivity contribution in [3.8, 4) is 0 Å². The summed E-state index contributed by atoms with van der Waals surface area (Å²) in [5.41, 5.74) is 0.655. The summed E-state index contributed by atoms with van der Waals surface area (Å²) < 4.78 is 0. The number of carbonyl (C=O) groups excluding carboxylic acids is 2. The molecule has 0 bridgehead atoms. The third-order valence-corrected chi connectivity index (χ3v) is 1.62. The van der Waals surface area contributed by atoms with E-state index in [0.717, 1.165) is 19.1 Å². The zero-order valence-corrected chi connectivity index (χ0v) is 5.80. The Kier molecular flexibility index (Phi) is 2.37. The first-order chi connectivity index (χ1) is 4.83. The van der Waals surface area contributed by atoms with Gasteiger partial charge in [-0.3, -0.25) is 9.59 Å². The quantitative estimate of drug-likeness (QED) is 0.511. The smallest absolute Gasteiger partial charge is 0.146 e. The summed E-state index contributed by atoms with van der Waals surface area (Å²) >= 11 is 0. The van der Waals surface area contributed by atoms with E-state index in [0.29, 0.717) is 18.4 Å². The van der Waals surface area contributed by atoms with Crippen LogP contribution in [0.15, 0.2) is 11.6 Å². The van der Waals surface area contributed by atoms with Crippen LogP contribution in [0.25, 0.3) is 0 Å². The fourth-order valence-corrected chi connectivity index (χ4v) is 1.06. The van der Waals surface area contributed by atoms with Crippen molar-refractivity contribution in [3.63, 3.8) is 0 Å². The number of rotatable bonds is 1. The molecule has 0 aromatic rings. The van der Waals surface area contributed by atoms with Gasteiger partial charge >= 0.3 is 0 Å². The maximum Gasteiger partial charge on any atom is 0.146 e. The molecule has 0 saturated carbocycles. The molecule has 0 aromatic heterocycles. The summed E-state index contributed by atoms with van der Waals surface area (Å²) in [6, 6.07) is 0. The monoisotopic (exact) mass is 138 g/mol. The predicted molar refractivity (Wildman–Crippen MR) is 37.6 cm³/mol. The zero-order valence-electron chi connectivity index (χ0n) is 5.80. The maximum atomic E-state index is 10.9. The average molecular weight is 138 g/mol. The third kappa shape index (κ3) is 1.79. The normalized spacial score (nSPS) is 19.6. The largest absolute Gasteiger partial charge is 0.299 e. The van der Waals surface area contributed by atoms with Crippen LogP contribution in [0.3, 0.4) is 0 Å². The number of hydrogen-bond acceptors (Lipinski definition) is 2. The maximum absolute atomic E-state index is 10.9. The zero-order chi connectivity index (χ0) is 7.40. The topological polar surface area (TPSA) is 34.1 Å². The van der Waals surface area contributed by atoms with Gasteiger partial charge in [-0.05, 0) is 18.4 Å². The lowest BCUT2D eigenvalue weighted by molar-refractivity contribution is -0.119. The summed E-state index contributed by atoms with van der Waals surface area (Å²) in [4.78, 5) is 21.1. The van der Waals surface area contributed by atoms with Gasteiger partial charge in [-0.1, -0.05) is 6.08 Å². The Bertz CT molecular complexity index is 180. The fourth-order valence-electron chi connectivity index (χ4n) is 1.06. The van der Waals surface area contributed by atoms with Gasteiger partial charge in [-0.25, -0.2) is 0 Å².